The molecule has 4 rings (SSSR count). The standard InChI is InChI=1S/C22H28ClN7O5S/c1-14(19(34-3)20-24-11-16(23)12-25-20)36(31,32)29-22-28-27-21(17-5-4-6-18(26-17)33-2)30(22)13-15-7-9-35-10-8-15/h4-6,11-12,14-15,19H,7-10,13H2,1-3H3,(H,28,29). The fraction of sp³-hybridized carbons (Fsp3) is 0.500. The van der Waals surface area contributed by atoms with Crippen molar-refractivity contribution in [1.29, 1.82) is 0 Å². The van der Waals surface area contributed by atoms with E-state index in [9.17, 15) is 8.42 Å². The largest absolute Gasteiger partial charge is 0.481 e. The van der Waals surface area contributed by atoms with Gasteiger partial charge in [0.2, 0.25) is 21.9 Å². The third-order valence-corrected chi connectivity index (χ3v) is 7.88. The molecular formula is C22H28ClN7O5S. The molecule has 0 bridgehead atoms. The molecule has 2 atom stereocenters. The monoisotopic (exact) mass is 537 g/mol. The Labute approximate surface area is 214 Å². The predicted octanol–water partition coefficient (Wildman–Crippen LogP) is 2.74. The number of ether oxygens (including phenoxy) is 3. The van der Waals surface area contributed by atoms with Gasteiger partial charge in [0.25, 0.3) is 0 Å². The van der Waals surface area contributed by atoms with Crippen LogP contribution in [-0.4, -0.2) is 70.8 Å². The summed E-state index contributed by atoms with van der Waals surface area (Å²) in [6.07, 6.45) is 3.52. The van der Waals surface area contributed by atoms with Crippen LogP contribution in [0.25, 0.3) is 11.5 Å². The van der Waals surface area contributed by atoms with E-state index in [2.05, 4.69) is 29.9 Å². The number of hydrogen-bond donors (Lipinski definition) is 1. The molecule has 36 heavy (non-hydrogen) atoms. The van der Waals surface area contributed by atoms with Gasteiger partial charge >= 0.3 is 0 Å². The molecule has 0 saturated carbocycles. The average Bonchev–Trinajstić information content (AvgIpc) is 3.27. The Morgan fingerprint density at radius 1 is 1.19 bits per heavy atom. The molecule has 0 aliphatic carbocycles. The minimum atomic E-state index is -4.01. The lowest BCUT2D eigenvalue weighted by Gasteiger charge is -2.25. The molecule has 4 heterocycles. The Bertz CT molecular complexity index is 1270. The molecule has 0 aromatic carbocycles. The zero-order valence-electron chi connectivity index (χ0n) is 20.2. The highest BCUT2D eigenvalue weighted by Gasteiger charge is 2.34. The SMILES string of the molecule is COc1cccc(-c2nnc(NS(=O)(=O)C(C)C(OC)c3ncc(Cl)cn3)n2CC2CCOCC2)n1. The summed E-state index contributed by atoms with van der Waals surface area (Å²) < 4.78 is 47.4. The van der Waals surface area contributed by atoms with Gasteiger partial charge in [-0.2, -0.15) is 0 Å². The highest BCUT2D eigenvalue weighted by Crippen LogP contribution is 2.28. The molecule has 0 spiro atoms. The smallest absolute Gasteiger partial charge is 0.240 e. The van der Waals surface area contributed by atoms with Gasteiger partial charge < -0.3 is 14.2 Å². The number of hydrogen-bond acceptors (Lipinski definition) is 10. The van der Waals surface area contributed by atoms with Crippen molar-refractivity contribution in [2.45, 2.75) is 37.7 Å². The zero-order valence-corrected chi connectivity index (χ0v) is 21.7. The Balaban J connectivity index is 1.66. The van der Waals surface area contributed by atoms with Crippen molar-refractivity contribution in [1.82, 2.24) is 29.7 Å². The molecule has 14 heteroatoms. The van der Waals surface area contributed by atoms with Gasteiger partial charge in [-0.05, 0) is 31.7 Å². The number of pyridine rings is 1. The summed E-state index contributed by atoms with van der Waals surface area (Å²) in [7, 11) is -1.09. The molecule has 3 aromatic rings. The summed E-state index contributed by atoms with van der Waals surface area (Å²) in [6, 6.07) is 5.28. The quantitative estimate of drug-likeness (QED) is 0.410. The highest BCUT2D eigenvalue weighted by atomic mass is 35.5. The lowest BCUT2D eigenvalue weighted by molar-refractivity contribution is 0.0615. The van der Waals surface area contributed by atoms with Gasteiger partial charge in [-0.3, -0.25) is 9.29 Å². The maximum atomic E-state index is 13.4. The molecule has 1 saturated heterocycles. The van der Waals surface area contributed by atoms with E-state index >= 15 is 0 Å². The topological polar surface area (TPSA) is 143 Å². The first kappa shape index (κ1) is 26.2. The van der Waals surface area contributed by atoms with Gasteiger partial charge in [0.1, 0.15) is 17.0 Å². The van der Waals surface area contributed by atoms with E-state index in [1.165, 1.54) is 33.5 Å². The molecular weight excluding hydrogens is 510 g/mol. The number of anilines is 1. The number of rotatable bonds is 10. The molecule has 3 aromatic heterocycles. The van der Waals surface area contributed by atoms with Crippen molar-refractivity contribution in [3.63, 3.8) is 0 Å². The first-order chi connectivity index (χ1) is 17.3. The molecule has 194 valence electrons. The van der Waals surface area contributed by atoms with Crippen LogP contribution in [0.4, 0.5) is 5.95 Å². The van der Waals surface area contributed by atoms with Crippen LogP contribution in [0.2, 0.25) is 5.02 Å². The number of nitrogens with one attached hydrogen (secondary N) is 1. The number of nitrogens with zero attached hydrogens (tertiary/aromatic N) is 6. The summed E-state index contributed by atoms with van der Waals surface area (Å²) in [5, 5.41) is 7.72. The molecule has 1 aliphatic rings. The van der Waals surface area contributed by atoms with Gasteiger partial charge in [0.15, 0.2) is 11.6 Å². The third-order valence-electron chi connectivity index (χ3n) is 5.99. The van der Waals surface area contributed by atoms with Crippen LogP contribution in [0.3, 0.4) is 0 Å². The maximum absolute atomic E-state index is 13.4. The lowest BCUT2D eigenvalue weighted by Crippen LogP contribution is -2.34. The van der Waals surface area contributed by atoms with E-state index < -0.39 is 21.4 Å². The number of methoxy groups -OCH3 is 2. The van der Waals surface area contributed by atoms with Crippen LogP contribution in [0.15, 0.2) is 30.6 Å². The Morgan fingerprint density at radius 2 is 1.92 bits per heavy atom. The van der Waals surface area contributed by atoms with Crippen LogP contribution in [0.1, 0.15) is 31.7 Å². The first-order valence-corrected chi connectivity index (χ1v) is 13.3. The van der Waals surface area contributed by atoms with Crippen molar-refractivity contribution < 1.29 is 22.6 Å². The van der Waals surface area contributed by atoms with Gasteiger partial charge in [0.05, 0.1) is 12.1 Å². The summed E-state index contributed by atoms with van der Waals surface area (Å²) in [5.41, 5.74) is 0.511. The van der Waals surface area contributed by atoms with Gasteiger partial charge in [-0.15, -0.1) is 10.2 Å². The average molecular weight is 538 g/mol. The number of halogens is 1. The maximum Gasteiger partial charge on any atom is 0.240 e. The van der Waals surface area contributed by atoms with Crippen LogP contribution in [0.5, 0.6) is 5.88 Å². The Hall–Kier alpha value is -2.87. The van der Waals surface area contributed by atoms with Crippen molar-refractivity contribution in [3.8, 4) is 17.4 Å². The van der Waals surface area contributed by atoms with Gasteiger partial charge in [0, 0.05) is 45.3 Å². The molecule has 1 N–H and O–H groups in total. The van der Waals surface area contributed by atoms with E-state index in [-0.39, 0.29) is 17.7 Å². The first-order valence-electron chi connectivity index (χ1n) is 11.4. The van der Waals surface area contributed by atoms with Crippen molar-refractivity contribution >= 4 is 27.6 Å². The van der Waals surface area contributed by atoms with Crippen molar-refractivity contribution in [2.24, 2.45) is 5.92 Å². The number of aromatic nitrogens is 6. The second-order valence-corrected chi connectivity index (χ2v) is 10.8. The predicted molar refractivity (Wildman–Crippen MR) is 132 cm³/mol. The summed E-state index contributed by atoms with van der Waals surface area (Å²) >= 11 is 5.87. The molecule has 12 nitrogen and oxygen atoms in total. The van der Waals surface area contributed by atoms with Gasteiger partial charge in [-0.1, -0.05) is 17.7 Å². The minimum Gasteiger partial charge on any atom is -0.481 e. The van der Waals surface area contributed by atoms with E-state index in [0.29, 0.717) is 42.2 Å². The van der Waals surface area contributed by atoms with Crippen molar-refractivity contribution in [2.75, 3.05) is 32.2 Å². The fourth-order valence-corrected chi connectivity index (χ4v) is 5.19. The molecule has 2 unspecified atom stereocenters. The van der Waals surface area contributed by atoms with Crippen LogP contribution in [0, 0.1) is 5.92 Å². The minimum absolute atomic E-state index is 0.0832. The summed E-state index contributed by atoms with van der Waals surface area (Å²) in [5.74, 6) is 1.38. The van der Waals surface area contributed by atoms with Gasteiger partial charge in [-0.25, -0.2) is 23.4 Å². The normalized spacial score (nSPS) is 16.4. The highest BCUT2D eigenvalue weighted by molar-refractivity contribution is 7.93. The van der Waals surface area contributed by atoms with Crippen LogP contribution < -0.4 is 9.46 Å². The lowest BCUT2D eigenvalue weighted by atomic mass is 10.0. The third kappa shape index (κ3) is 5.91. The van der Waals surface area contributed by atoms with Crippen LogP contribution >= 0.6 is 11.6 Å². The summed E-state index contributed by atoms with van der Waals surface area (Å²) in [4.78, 5) is 12.7. The fourth-order valence-electron chi connectivity index (χ4n) is 3.94. The Kier molecular flexibility index (Phi) is 8.34. The van der Waals surface area contributed by atoms with E-state index in [0.717, 1.165) is 12.8 Å². The molecule has 0 radical (unpaired) electrons. The second-order valence-electron chi connectivity index (χ2n) is 8.35. The molecule has 0 amide bonds. The summed E-state index contributed by atoms with van der Waals surface area (Å²) in [6.45, 7) is 3.30. The molecule has 1 aliphatic heterocycles. The Morgan fingerprint density at radius 3 is 2.58 bits per heavy atom. The van der Waals surface area contributed by atoms with E-state index in [1.54, 1.807) is 22.8 Å². The van der Waals surface area contributed by atoms with E-state index in [1.807, 2.05) is 0 Å². The second kappa shape index (κ2) is 11.5. The van der Waals surface area contributed by atoms with Crippen LogP contribution in [-0.2, 0) is 26.0 Å². The zero-order chi connectivity index (χ0) is 25.7. The van der Waals surface area contributed by atoms with E-state index in [4.69, 9.17) is 25.8 Å². The molecule has 1 fully saturated rings. The van der Waals surface area contributed by atoms with Crippen molar-refractivity contribution in [3.05, 3.63) is 41.4 Å². The number of sulfonamides is 1.